The Labute approximate surface area is 141 Å². The van der Waals surface area contributed by atoms with Gasteiger partial charge < -0.3 is 9.66 Å². The lowest BCUT2D eigenvalue weighted by Crippen LogP contribution is -1.97. The molecule has 0 aliphatic heterocycles. The van der Waals surface area contributed by atoms with E-state index in [-0.39, 0.29) is 11.5 Å². The predicted octanol–water partition coefficient (Wildman–Crippen LogP) is 2.97. The normalized spacial score (nSPS) is 10.1. The molecule has 0 amide bonds. The van der Waals surface area contributed by atoms with E-state index < -0.39 is 10.1 Å². The molecule has 2 aromatic rings. The van der Waals surface area contributed by atoms with Gasteiger partial charge in [-0.2, -0.15) is 0 Å². The lowest BCUT2D eigenvalue weighted by molar-refractivity contribution is 0.305. The van der Waals surface area contributed by atoms with Crippen molar-refractivity contribution >= 4 is 21.7 Å². The maximum Gasteiger partial charge on any atom is 0.124 e. The summed E-state index contributed by atoms with van der Waals surface area (Å²) >= 11 is 5.68. The lowest BCUT2D eigenvalue weighted by Gasteiger charge is -2.05. The van der Waals surface area contributed by atoms with Gasteiger partial charge in [-0.05, 0) is 43.3 Å². The van der Waals surface area contributed by atoms with Crippen LogP contribution in [0.4, 0.5) is 0 Å². The fourth-order valence-electron chi connectivity index (χ4n) is 1.46. The van der Waals surface area contributed by atoms with Gasteiger partial charge in [0.15, 0.2) is 0 Å². The minimum atomic E-state index is -4.27. The van der Waals surface area contributed by atoms with Crippen molar-refractivity contribution in [3.8, 4) is 11.8 Å². The van der Waals surface area contributed by atoms with E-state index in [0.717, 1.165) is 11.1 Å². The topological polar surface area (TPSA) is 77.4 Å². The molecule has 0 unspecified atom stereocenters. The van der Waals surface area contributed by atoms with Crippen LogP contribution in [0.15, 0.2) is 53.4 Å². The van der Waals surface area contributed by atoms with E-state index in [9.17, 15) is 13.0 Å². The summed E-state index contributed by atoms with van der Waals surface area (Å²) < 4.78 is 31.2. The summed E-state index contributed by atoms with van der Waals surface area (Å²) in [6.07, 6.45) is 0.516. The number of hydrogen-bond acceptors (Lipinski definition) is 4. The number of aliphatic hydroxyl groups excluding tert-OH is 1. The molecule has 0 saturated heterocycles. The van der Waals surface area contributed by atoms with Gasteiger partial charge >= 0.3 is 0 Å². The van der Waals surface area contributed by atoms with Crippen LogP contribution in [0.2, 0.25) is 5.02 Å². The molecule has 2 aromatic carbocycles. The molecule has 0 aliphatic rings. The molecule has 0 fully saturated rings. The summed E-state index contributed by atoms with van der Waals surface area (Å²) in [5.41, 5.74) is 1.85. The van der Waals surface area contributed by atoms with E-state index >= 15 is 0 Å². The van der Waals surface area contributed by atoms with Gasteiger partial charge in [0.05, 0.1) is 11.5 Å². The van der Waals surface area contributed by atoms with E-state index in [0.29, 0.717) is 11.4 Å². The van der Waals surface area contributed by atoms with Crippen molar-refractivity contribution in [3.05, 3.63) is 64.7 Å². The molecule has 2 rings (SSSR count). The number of rotatable bonds is 2. The average molecular weight is 352 g/mol. The van der Waals surface area contributed by atoms with Crippen LogP contribution in [0.5, 0.6) is 0 Å². The summed E-state index contributed by atoms with van der Waals surface area (Å²) in [5, 5.41) is 9.18. The van der Waals surface area contributed by atoms with Crippen LogP contribution < -0.4 is 0 Å². The highest BCUT2D eigenvalue weighted by Gasteiger charge is 1.97. The minimum Gasteiger partial charge on any atom is -0.744 e. The van der Waals surface area contributed by atoms with Gasteiger partial charge in [-0.1, -0.05) is 41.1 Å². The van der Waals surface area contributed by atoms with Crippen molar-refractivity contribution in [3.63, 3.8) is 0 Å². The fourth-order valence-corrected chi connectivity index (χ4v) is 2.05. The van der Waals surface area contributed by atoms with E-state index in [1.165, 1.54) is 12.1 Å². The first-order valence-electron chi connectivity index (χ1n) is 6.71. The molecule has 1 N–H and O–H groups in total. The second kappa shape index (κ2) is 9.33. The largest absolute Gasteiger partial charge is 0.744 e. The molecule has 6 heteroatoms. The Kier molecular flexibility index (Phi) is 7.79. The standard InChI is InChI=1S/C10H9ClO.C7H8O3S/c11-10-6-4-9(5-7-10)3-1-2-8-12;1-6-2-4-7(5-3-6)11(8,9)10/h4-7,12H,2,8H2;2-5H,1H3,(H,8,9,10)/p-1. The fraction of sp³-hybridized carbons (Fsp3) is 0.176. The predicted molar refractivity (Wildman–Crippen MR) is 89.2 cm³/mol. The number of aliphatic hydroxyl groups is 1. The highest BCUT2D eigenvalue weighted by molar-refractivity contribution is 7.85. The number of hydrogen-bond donors (Lipinski definition) is 1. The van der Waals surface area contributed by atoms with Crippen LogP contribution in [0.25, 0.3) is 0 Å². The number of aryl methyl sites for hydroxylation is 1. The van der Waals surface area contributed by atoms with Crippen molar-refractivity contribution < 1.29 is 18.1 Å². The van der Waals surface area contributed by atoms with Crippen LogP contribution in [0.1, 0.15) is 17.5 Å². The molecule has 0 spiro atoms. The second-order valence-corrected chi connectivity index (χ2v) is 6.37. The summed E-state index contributed by atoms with van der Waals surface area (Å²) in [5.74, 6) is 5.73. The third-order valence-corrected chi connectivity index (χ3v) is 3.72. The zero-order chi connectivity index (χ0) is 17.3. The van der Waals surface area contributed by atoms with Crippen LogP contribution in [-0.4, -0.2) is 24.7 Å². The Morgan fingerprint density at radius 1 is 1.09 bits per heavy atom. The minimum absolute atomic E-state index is 0.112. The van der Waals surface area contributed by atoms with Gasteiger partial charge in [-0.25, -0.2) is 8.42 Å². The Balaban J connectivity index is 0.000000231. The molecular formula is C17H16ClO4S-. The molecule has 0 aliphatic carbocycles. The highest BCUT2D eigenvalue weighted by Crippen LogP contribution is 2.09. The summed E-state index contributed by atoms with van der Waals surface area (Å²) in [7, 11) is -4.27. The monoisotopic (exact) mass is 351 g/mol. The molecule has 0 heterocycles. The molecular weight excluding hydrogens is 336 g/mol. The molecule has 4 nitrogen and oxygen atoms in total. The first kappa shape index (κ1) is 19.2. The van der Waals surface area contributed by atoms with E-state index in [1.807, 2.05) is 19.1 Å². The SMILES string of the molecule is Cc1ccc(S(=O)(=O)[O-])cc1.OCCC#Cc1ccc(Cl)cc1. The molecule has 122 valence electrons. The van der Waals surface area contributed by atoms with Gasteiger partial charge in [0.2, 0.25) is 0 Å². The van der Waals surface area contributed by atoms with Crippen LogP contribution in [0, 0.1) is 18.8 Å². The van der Waals surface area contributed by atoms with Crippen LogP contribution in [0.3, 0.4) is 0 Å². The van der Waals surface area contributed by atoms with Crippen molar-refractivity contribution in [1.29, 1.82) is 0 Å². The number of halogens is 1. The zero-order valence-electron chi connectivity index (χ0n) is 12.5. The Bertz CT molecular complexity index is 770. The van der Waals surface area contributed by atoms with Crippen LogP contribution in [-0.2, 0) is 10.1 Å². The molecule has 0 saturated carbocycles. The van der Waals surface area contributed by atoms with Gasteiger partial charge in [-0.3, -0.25) is 0 Å². The number of benzene rings is 2. The molecule has 0 atom stereocenters. The van der Waals surface area contributed by atoms with Crippen molar-refractivity contribution in [2.75, 3.05) is 6.61 Å². The van der Waals surface area contributed by atoms with E-state index in [4.69, 9.17) is 16.7 Å². The van der Waals surface area contributed by atoms with Crippen molar-refractivity contribution in [2.24, 2.45) is 0 Å². The summed E-state index contributed by atoms with van der Waals surface area (Å²) in [6, 6.07) is 13.1. The highest BCUT2D eigenvalue weighted by atomic mass is 35.5. The van der Waals surface area contributed by atoms with Gasteiger partial charge in [0, 0.05) is 17.0 Å². The van der Waals surface area contributed by atoms with Gasteiger partial charge in [0.25, 0.3) is 0 Å². The third-order valence-electron chi connectivity index (χ3n) is 2.62. The lowest BCUT2D eigenvalue weighted by atomic mass is 10.2. The second-order valence-electron chi connectivity index (χ2n) is 4.55. The molecule has 0 bridgehead atoms. The average Bonchev–Trinajstić information content (AvgIpc) is 2.50. The summed E-state index contributed by atoms with van der Waals surface area (Å²) in [4.78, 5) is -0.178. The quantitative estimate of drug-likeness (QED) is 0.666. The van der Waals surface area contributed by atoms with Crippen LogP contribution >= 0.6 is 11.6 Å². The maximum absolute atomic E-state index is 10.4. The van der Waals surface area contributed by atoms with Gasteiger partial charge in [0.1, 0.15) is 10.1 Å². The first-order valence-corrected chi connectivity index (χ1v) is 8.49. The Morgan fingerprint density at radius 2 is 1.65 bits per heavy atom. The maximum atomic E-state index is 10.4. The van der Waals surface area contributed by atoms with Gasteiger partial charge in [-0.15, -0.1) is 0 Å². The smallest absolute Gasteiger partial charge is 0.124 e. The third kappa shape index (κ3) is 7.82. The van der Waals surface area contributed by atoms with Crippen molar-refractivity contribution in [1.82, 2.24) is 0 Å². The van der Waals surface area contributed by atoms with Crippen molar-refractivity contribution in [2.45, 2.75) is 18.2 Å². The molecule has 0 aromatic heterocycles. The Hall–Kier alpha value is -1.84. The molecule has 0 radical (unpaired) electrons. The zero-order valence-corrected chi connectivity index (χ0v) is 14.1. The molecule has 23 heavy (non-hydrogen) atoms. The summed E-state index contributed by atoms with van der Waals surface area (Å²) in [6.45, 7) is 1.93. The Morgan fingerprint density at radius 3 is 2.13 bits per heavy atom. The first-order chi connectivity index (χ1) is 10.8. The van der Waals surface area contributed by atoms with E-state index in [1.54, 1.807) is 24.3 Å². The van der Waals surface area contributed by atoms with E-state index in [2.05, 4.69) is 11.8 Å².